The molecule has 0 unspecified atom stereocenters. The fourth-order valence-electron chi connectivity index (χ4n) is 2.39. The van der Waals surface area contributed by atoms with Crippen molar-refractivity contribution in [2.45, 2.75) is 13.0 Å². The quantitative estimate of drug-likeness (QED) is 0.751. The molecule has 1 heterocycles. The molecule has 6 heteroatoms. The van der Waals surface area contributed by atoms with Gasteiger partial charge in [0.05, 0.1) is 16.4 Å². The second kappa shape index (κ2) is 6.62. The summed E-state index contributed by atoms with van der Waals surface area (Å²) in [5.41, 5.74) is 9.27. The lowest BCUT2D eigenvalue weighted by molar-refractivity contribution is 0.475. The minimum Gasteiger partial charge on any atom is -0.508 e. The highest BCUT2D eigenvalue weighted by Crippen LogP contribution is 2.26. The summed E-state index contributed by atoms with van der Waals surface area (Å²) in [6, 6.07) is 14.3. The number of benzene rings is 2. The predicted octanol–water partition coefficient (Wildman–Crippen LogP) is 3.93. The van der Waals surface area contributed by atoms with Crippen molar-refractivity contribution in [2.75, 3.05) is 0 Å². The smallest absolute Gasteiger partial charge is 0.115 e. The first-order valence-corrected chi connectivity index (χ1v) is 7.83. The summed E-state index contributed by atoms with van der Waals surface area (Å²) in [6.45, 7) is 0.348. The van der Waals surface area contributed by atoms with E-state index in [1.807, 2.05) is 24.3 Å². The van der Waals surface area contributed by atoms with Crippen molar-refractivity contribution in [2.24, 2.45) is 5.73 Å². The molecule has 3 rings (SSSR count). The van der Waals surface area contributed by atoms with Crippen LogP contribution in [0.1, 0.15) is 17.0 Å². The monoisotopic (exact) mass is 347 g/mol. The lowest BCUT2D eigenvalue weighted by Gasteiger charge is -2.10. The van der Waals surface area contributed by atoms with Crippen LogP contribution >= 0.6 is 23.2 Å². The van der Waals surface area contributed by atoms with E-state index in [1.54, 1.807) is 28.9 Å². The van der Waals surface area contributed by atoms with Crippen LogP contribution < -0.4 is 5.73 Å². The number of hydrogen-bond acceptors (Lipinski definition) is 3. The zero-order valence-corrected chi connectivity index (χ0v) is 13.7. The van der Waals surface area contributed by atoms with Crippen LogP contribution in [0.3, 0.4) is 0 Å². The fourth-order valence-corrected chi connectivity index (χ4v) is 2.87. The molecule has 0 atom stereocenters. The summed E-state index contributed by atoms with van der Waals surface area (Å²) in [5.74, 6) is 0.241. The van der Waals surface area contributed by atoms with E-state index in [1.165, 1.54) is 0 Å². The number of rotatable bonds is 4. The maximum absolute atomic E-state index is 9.40. The van der Waals surface area contributed by atoms with Crippen LogP contribution in [0, 0.1) is 0 Å². The molecule has 23 heavy (non-hydrogen) atoms. The molecule has 1 aromatic heterocycles. The van der Waals surface area contributed by atoms with E-state index < -0.39 is 0 Å². The van der Waals surface area contributed by atoms with Gasteiger partial charge in [-0.3, -0.25) is 0 Å². The molecule has 118 valence electrons. The maximum Gasteiger partial charge on any atom is 0.115 e. The Kier molecular flexibility index (Phi) is 4.57. The number of hydrogen-bond donors (Lipinski definition) is 2. The Morgan fingerprint density at radius 3 is 2.43 bits per heavy atom. The van der Waals surface area contributed by atoms with E-state index in [-0.39, 0.29) is 5.75 Å². The van der Waals surface area contributed by atoms with Gasteiger partial charge in [0.15, 0.2) is 0 Å². The van der Waals surface area contributed by atoms with Gasteiger partial charge < -0.3 is 10.8 Å². The van der Waals surface area contributed by atoms with Crippen molar-refractivity contribution in [1.82, 2.24) is 9.78 Å². The standard InChI is InChI=1S/C17H15Cl2N3O/c18-12-3-6-17(16(19)8-12)22-14(9-13(10-20)21-22)7-11-1-4-15(23)5-2-11/h1-6,8-9,23H,7,10,20H2. The fraction of sp³-hybridized carbons (Fsp3) is 0.118. The first-order chi connectivity index (χ1) is 11.1. The molecule has 0 fully saturated rings. The molecule has 0 amide bonds. The molecule has 0 radical (unpaired) electrons. The Balaban J connectivity index is 2.03. The number of aromatic nitrogens is 2. The van der Waals surface area contributed by atoms with Crippen LogP contribution in [-0.2, 0) is 13.0 Å². The SMILES string of the molecule is NCc1cc(Cc2ccc(O)cc2)n(-c2ccc(Cl)cc2Cl)n1. The van der Waals surface area contributed by atoms with E-state index in [0.29, 0.717) is 23.0 Å². The molecular formula is C17H15Cl2N3O. The van der Waals surface area contributed by atoms with E-state index in [9.17, 15) is 5.11 Å². The second-order valence-electron chi connectivity index (χ2n) is 5.18. The van der Waals surface area contributed by atoms with Crippen molar-refractivity contribution in [1.29, 1.82) is 0 Å². The summed E-state index contributed by atoms with van der Waals surface area (Å²) >= 11 is 12.3. The number of phenolic OH excluding ortho intramolecular Hbond substituents is 1. The molecule has 0 aliphatic carbocycles. The van der Waals surface area contributed by atoms with Gasteiger partial charge in [0.2, 0.25) is 0 Å². The lowest BCUT2D eigenvalue weighted by atomic mass is 10.1. The number of aromatic hydroxyl groups is 1. The van der Waals surface area contributed by atoms with Crippen LogP contribution in [0.4, 0.5) is 0 Å². The molecule has 0 aliphatic heterocycles. The Labute approximate surface area is 144 Å². The van der Waals surface area contributed by atoms with Gasteiger partial charge >= 0.3 is 0 Å². The molecule has 0 saturated heterocycles. The van der Waals surface area contributed by atoms with Crippen LogP contribution in [0.15, 0.2) is 48.5 Å². The minimum absolute atomic E-state index is 0.241. The molecule has 3 aromatic rings. The summed E-state index contributed by atoms with van der Waals surface area (Å²) < 4.78 is 1.79. The van der Waals surface area contributed by atoms with Crippen molar-refractivity contribution in [3.8, 4) is 11.4 Å². The molecule has 0 bridgehead atoms. The molecule has 3 N–H and O–H groups in total. The van der Waals surface area contributed by atoms with Crippen LogP contribution in [0.2, 0.25) is 10.0 Å². The van der Waals surface area contributed by atoms with Crippen LogP contribution in [0.5, 0.6) is 5.75 Å². The zero-order chi connectivity index (χ0) is 16.4. The van der Waals surface area contributed by atoms with E-state index in [4.69, 9.17) is 28.9 Å². The highest BCUT2D eigenvalue weighted by Gasteiger charge is 2.13. The van der Waals surface area contributed by atoms with E-state index in [0.717, 1.165) is 22.6 Å². The molecule has 4 nitrogen and oxygen atoms in total. The summed E-state index contributed by atoms with van der Waals surface area (Å²) in [7, 11) is 0. The summed E-state index contributed by atoms with van der Waals surface area (Å²) in [4.78, 5) is 0. The highest BCUT2D eigenvalue weighted by molar-refractivity contribution is 6.35. The van der Waals surface area contributed by atoms with Gasteiger partial charge in [0.1, 0.15) is 5.75 Å². The van der Waals surface area contributed by atoms with Crippen molar-refractivity contribution in [3.63, 3.8) is 0 Å². The minimum atomic E-state index is 0.241. The Morgan fingerprint density at radius 2 is 1.78 bits per heavy atom. The summed E-state index contributed by atoms with van der Waals surface area (Å²) in [6.07, 6.45) is 0.645. The van der Waals surface area contributed by atoms with E-state index >= 15 is 0 Å². The predicted molar refractivity (Wildman–Crippen MR) is 92.4 cm³/mol. The molecule has 0 saturated carbocycles. The van der Waals surface area contributed by atoms with Gasteiger partial charge in [-0.15, -0.1) is 0 Å². The first-order valence-electron chi connectivity index (χ1n) is 7.08. The number of phenols is 1. The third kappa shape index (κ3) is 3.50. The maximum atomic E-state index is 9.40. The third-order valence-corrected chi connectivity index (χ3v) is 4.04. The van der Waals surface area contributed by atoms with Crippen molar-refractivity contribution >= 4 is 23.2 Å². The number of halogens is 2. The zero-order valence-electron chi connectivity index (χ0n) is 12.2. The molecular weight excluding hydrogens is 333 g/mol. The van der Waals surface area contributed by atoms with Gasteiger partial charge in [-0.05, 0) is 42.0 Å². The average Bonchev–Trinajstić information content (AvgIpc) is 2.92. The van der Waals surface area contributed by atoms with Crippen molar-refractivity contribution < 1.29 is 5.11 Å². The molecule has 0 aliphatic rings. The summed E-state index contributed by atoms with van der Waals surface area (Å²) in [5, 5.41) is 15.0. The Morgan fingerprint density at radius 1 is 1.04 bits per heavy atom. The normalized spacial score (nSPS) is 10.9. The average molecular weight is 348 g/mol. The van der Waals surface area contributed by atoms with E-state index in [2.05, 4.69) is 5.10 Å². The van der Waals surface area contributed by atoms with Crippen LogP contribution in [-0.4, -0.2) is 14.9 Å². The van der Waals surface area contributed by atoms with Gasteiger partial charge in [-0.25, -0.2) is 4.68 Å². The van der Waals surface area contributed by atoms with Gasteiger partial charge in [0.25, 0.3) is 0 Å². The number of nitrogens with zero attached hydrogens (tertiary/aromatic N) is 2. The number of nitrogens with two attached hydrogens (primary N) is 1. The van der Waals surface area contributed by atoms with Crippen LogP contribution in [0.25, 0.3) is 5.69 Å². The topological polar surface area (TPSA) is 64.1 Å². The third-order valence-electron chi connectivity index (χ3n) is 3.50. The highest BCUT2D eigenvalue weighted by atomic mass is 35.5. The van der Waals surface area contributed by atoms with Gasteiger partial charge in [-0.1, -0.05) is 35.3 Å². The Bertz CT molecular complexity index is 828. The van der Waals surface area contributed by atoms with Gasteiger partial charge in [0, 0.05) is 23.7 Å². The second-order valence-corrected chi connectivity index (χ2v) is 6.03. The Hall–Kier alpha value is -2.01. The first kappa shape index (κ1) is 15.9. The lowest BCUT2D eigenvalue weighted by Crippen LogP contribution is -2.04. The van der Waals surface area contributed by atoms with Crippen molar-refractivity contribution in [3.05, 3.63) is 75.5 Å². The molecule has 0 spiro atoms. The molecule has 2 aromatic carbocycles. The largest absolute Gasteiger partial charge is 0.508 e. The van der Waals surface area contributed by atoms with Gasteiger partial charge in [-0.2, -0.15) is 5.10 Å².